The van der Waals surface area contributed by atoms with Crippen molar-refractivity contribution >= 4 is 29.0 Å². The van der Waals surface area contributed by atoms with Crippen molar-refractivity contribution in [2.45, 2.75) is 25.7 Å². The molecule has 7 heteroatoms. The van der Waals surface area contributed by atoms with E-state index in [4.69, 9.17) is 0 Å². The Morgan fingerprint density at radius 1 is 0.893 bits per heavy atom. The molecule has 0 atom stereocenters. The summed E-state index contributed by atoms with van der Waals surface area (Å²) in [6.07, 6.45) is 4.10. The van der Waals surface area contributed by atoms with Crippen molar-refractivity contribution in [3.63, 3.8) is 0 Å². The molecule has 1 fully saturated rings. The minimum absolute atomic E-state index is 0.0569. The summed E-state index contributed by atoms with van der Waals surface area (Å²) < 4.78 is 13.6. The minimum atomic E-state index is -0.557. The topological polar surface area (TPSA) is 73.5 Å². The average Bonchev–Trinajstić information content (AvgIpc) is 2.69. The quantitative estimate of drug-likeness (QED) is 0.696. The van der Waals surface area contributed by atoms with E-state index in [0.717, 1.165) is 19.6 Å². The van der Waals surface area contributed by atoms with Gasteiger partial charge in [-0.25, -0.2) is 9.18 Å². The number of carbonyl (C=O) groups is 2. The van der Waals surface area contributed by atoms with E-state index in [1.54, 1.807) is 36.4 Å². The summed E-state index contributed by atoms with van der Waals surface area (Å²) in [6.45, 7) is 2.88. The molecule has 0 aromatic heterocycles. The summed E-state index contributed by atoms with van der Waals surface area (Å²) in [5, 5.41) is 7.95. The summed E-state index contributed by atoms with van der Waals surface area (Å²) in [5.74, 6) is -0.564. The summed E-state index contributed by atoms with van der Waals surface area (Å²) >= 11 is 0. The molecule has 1 aliphatic rings. The monoisotopic (exact) mass is 384 g/mol. The van der Waals surface area contributed by atoms with Crippen LogP contribution in [0.25, 0.3) is 0 Å². The van der Waals surface area contributed by atoms with Crippen LogP contribution in [0.4, 0.5) is 26.2 Å². The SMILES string of the molecule is O=C(CCN1CCCCC1)Nc1cccc(NC(=O)Nc2ccccc2F)c1. The molecule has 6 nitrogen and oxygen atoms in total. The third-order valence-corrected chi connectivity index (χ3v) is 4.63. The average molecular weight is 384 g/mol. The van der Waals surface area contributed by atoms with Crippen molar-refractivity contribution in [2.24, 2.45) is 0 Å². The van der Waals surface area contributed by atoms with E-state index in [2.05, 4.69) is 20.9 Å². The van der Waals surface area contributed by atoms with Crippen molar-refractivity contribution in [3.8, 4) is 0 Å². The molecular formula is C21H25FN4O2. The lowest BCUT2D eigenvalue weighted by molar-refractivity contribution is -0.116. The Morgan fingerprint density at radius 2 is 1.61 bits per heavy atom. The molecule has 1 heterocycles. The van der Waals surface area contributed by atoms with E-state index < -0.39 is 11.8 Å². The van der Waals surface area contributed by atoms with Crippen molar-refractivity contribution < 1.29 is 14.0 Å². The molecule has 0 saturated carbocycles. The third kappa shape index (κ3) is 6.06. The van der Waals surface area contributed by atoms with E-state index in [9.17, 15) is 14.0 Å². The fourth-order valence-corrected chi connectivity index (χ4v) is 3.19. The van der Waals surface area contributed by atoms with Crippen LogP contribution in [0.3, 0.4) is 0 Å². The first kappa shape index (κ1) is 19.8. The van der Waals surface area contributed by atoms with Gasteiger partial charge in [0.25, 0.3) is 0 Å². The fraction of sp³-hybridized carbons (Fsp3) is 0.333. The summed E-state index contributed by atoms with van der Waals surface area (Å²) in [5.41, 5.74) is 1.21. The lowest BCUT2D eigenvalue weighted by atomic mass is 10.1. The molecular weight excluding hydrogens is 359 g/mol. The molecule has 2 aromatic carbocycles. The molecule has 0 unspecified atom stereocenters. The van der Waals surface area contributed by atoms with Crippen LogP contribution < -0.4 is 16.0 Å². The highest BCUT2D eigenvalue weighted by Crippen LogP contribution is 2.17. The lowest BCUT2D eigenvalue weighted by Crippen LogP contribution is -2.32. The van der Waals surface area contributed by atoms with Gasteiger partial charge in [-0.2, -0.15) is 0 Å². The zero-order chi connectivity index (χ0) is 19.8. The molecule has 0 radical (unpaired) electrons. The lowest BCUT2D eigenvalue weighted by Gasteiger charge is -2.25. The van der Waals surface area contributed by atoms with Crippen molar-refractivity contribution in [1.82, 2.24) is 4.90 Å². The number of hydrogen-bond donors (Lipinski definition) is 3. The van der Waals surface area contributed by atoms with Crippen molar-refractivity contribution in [2.75, 3.05) is 35.6 Å². The maximum Gasteiger partial charge on any atom is 0.323 e. The van der Waals surface area contributed by atoms with Crippen LogP contribution in [0.5, 0.6) is 0 Å². The van der Waals surface area contributed by atoms with Crippen LogP contribution in [0.1, 0.15) is 25.7 Å². The fourth-order valence-electron chi connectivity index (χ4n) is 3.19. The number of nitrogens with one attached hydrogen (secondary N) is 3. The van der Waals surface area contributed by atoms with Gasteiger partial charge in [0.2, 0.25) is 5.91 Å². The first-order valence-corrected chi connectivity index (χ1v) is 9.55. The van der Waals surface area contributed by atoms with Gasteiger partial charge in [-0.15, -0.1) is 0 Å². The summed E-state index contributed by atoms with van der Waals surface area (Å²) in [6, 6.07) is 12.2. The number of halogens is 1. The third-order valence-electron chi connectivity index (χ3n) is 4.63. The van der Waals surface area contributed by atoms with Crippen LogP contribution in [0.15, 0.2) is 48.5 Å². The molecule has 3 N–H and O–H groups in total. The molecule has 1 saturated heterocycles. The number of piperidine rings is 1. The highest BCUT2D eigenvalue weighted by atomic mass is 19.1. The predicted molar refractivity (Wildman–Crippen MR) is 109 cm³/mol. The zero-order valence-electron chi connectivity index (χ0n) is 15.7. The number of para-hydroxylation sites is 1. The Kier molecular flexibility index (Phi) is 6.97. The first-order valence-electron chi connectivity index (χ1n) is 9.55. The molecule has 2 aromatic rings. The molecule has 3 amide bonds. The summed E-state index contributed by atoms with van der Waals surface area (Å²) in [7, 11) is 0. The maximum atomic E-state index is 13.6. The van der Waals surface area contributed by atoms with E-state index >= 15 is 0 Å². The second-order valence-corrected chi connectivity index (χ2v) is 6.84. The van der Waals surface area contributed by atoms with E-state index in [1.807, 2.05) is 0 Å². The van der Waals surface area contributed by atoms with Crippen LogP contribution in [-0.2, 0) is 4.79 Å². The normalized spacial score (nSPS) is 14.3. The van der Waals surface area contributed by atoms with Gasteiger partial charge in [0.15, 0.2) is 0 Å². The van der Waals surface area contributed by atoms with Gasteiger partial charge < -0.3 is 20.9 Å². The molecule has 0 aliphatic carbocycles. The van der Waals surface area contributed by atoms with Crippen LogP contribution in [0, 0.1) is 5.82 Å². The highest BCUT2D eigenvalue weighted by molar-refractivity contribution is 6.00. The Morgan fingerprint density at radius 3 is 2.36 bits per heavy atom. The van der Waals surface area contributed by atoms with Crippen LogP contribution >= 0.6 is 0 Å². The molecule has 148 valence electrons. The Bertz CT molecular complexity index is 822. The number of likely N-dealkylation sites (tertiary alicyclic amines) is 1. The minimum Gasteiger partial charge on any atom is -0.326 e. The number of nitrogens with zero attached hydrogens (tertiary/aromatic N) is 1. The predicted octanol–water partition coefficient (Wildman–Crippen LogP) is 4.28. The number of anilines is 3. The van der Waals surface area contributed by atoms with Crippen molar-refractivity contribution in [3.05, 3.63) is 54.3 Å². The molecule has 0 spiro atoms. The first-order chi connectivity index (χ1) is 13.6. The number of hydrogen-bond acceptors (Lipinski definition) is 3. The van der Waals surface area contributed by atoms with Crippen LogP contribution in [0.2, 0.25) is 0 Å². The second-order valence-electron chi connectivity index (χ2n) is 6.84. The largest absolute Gasteiger partial charge is 0.326 e. The number of carbonyl (C=O) groups excluding carboxylic acids is 2. The van der Waals surface area contributed by atoms with Gasteiger partial charge in [-0.05, 0) is 56.3 Å². The number of rotatable bonds is 6. The maximum absolute atomic E-state index is 13.6. The smallest absolute Gasteiger partial charge is 0.323 e. The van der Waals surface area contributed by atoms with Gasteiger partial charge in [0, 0.05) is 24.3 Å². The van der Waals surface area contributed by atoms with Gasteiger partial charge in [-0.3, -0.25) is 4.79 Å². The van der Waals surface area contributed by atoms with E-state index in [-0.39, 0.29) is 11.6 Å². The summed E-state index contributed by atoms with van der Waals surface area (Å²) in [4.78, 5) is 26.6. The number of benzene rings is 2. The molecule has 3 rings (SSSR count). The standard InChI is InChI=1S/C21H25FN4O2/c22-18-9-2-3-10-19(18)25-21(28)24-17-8-6-7-16(15-17)23-20(27)11-14-26-12-4-1-5-13-26/h2-3,6-10,15H,1,4-5,11-14H2,(H,23,27)(H2,24,25,28). The Balaban J connectivity index is 1.49. The highest BCUT2D eigenvalue weighted by Gasteiger charge is 2.12. The molecule has 1 aliphatic heterocycles. The molecule has 28 heavy (non-hydrogen) atoms. The van der Waals surface area contributed by atoms with Crippen LogP contribution in [-0.4, -0.2) is 36.5 Å². The Hall–Kier alpha value is -2.93. The van der Waals surface area contributed by atoms with Gasteiger partial charge >= 0.3 is 6.03 Å². The number of amides is 3. The second kappa shape index (κ2) is 9.85. The number of urea groups is 1. The van der Waals surface area contributed by atoms with E-state index in [1.165, 1.54) is 31.4 Å². The van der Waals surface area contributed by atoms with Crippen molar-refractivity contribution in [1.29, 1.82) is 0 Å². The van der Waals surface area contributed by atoms with E-state index in [0.29, 0.717) is 17.8 Å². The Labute approximate surface area is 164 Å². The molecule has 0 bridgehead atoms. The zero-order valence-corrected chi connectivity index (χ0v) is 15.7. The van der Waals surface area contributed by atoms with Gasteiger partial charge in [0.05, 0.1) is 5.69 Å². The van der Waals surface area contributed by atoms with Gasteiger partial charge in [0.1, 0.15) is 5.82 Å². The van der Waals surface area contributed by atoms with Gasteiger partial charge in [-0.1, -0.05) is 24.6 Å².